The molecular formula is C6H14NNaO11S. The molecule has 0 aromatic heterocycles. The van der Waals surface area contributed by atoms with E-state index in [-0.39, 0.29) is 35.7 Å². The predicted molar refractivity (Wildman–Crippen MR) is 63.4 cm³/mol. The molecule has 20 heavy (non-hydrogen) atoms. The maximum atomic E-state index is 10.3. The molecule has 0 atom stereocenters. The first-order valence-electron chi connectivity index (χ1n) is 3.87. The quantitative estimate of drug-likeness (QED) is 0.206. The van der Waals surface area contributed by atoms with Crippen LogP contribution in [-0.2, 0) is 24.8 Å². The van der Waals surface area contributed by atoms with Crippen LogP contribution in [0.2, 0.25) is 0 Å². The fourth-order valence-electron chi connectivity index (χ4n) is 0.714. The van der Waals surface area contributed by atoms with Crippen molar-refractivity contribution in [2.24, 2.45) is 0 Å². The topological polar surface area (TPSA) is 242 Å². The van der Waals surface area contributed by atoms with E-state index in [0.717, 1.165) is 0 Å². The van der Waals surface area contributed by atoms with Gasteiger partial charge in [0.25, 0.3) is 0 Å². The van der Waals surface area contributed by atoms with E-state index in [1.54, 1.807) is 0 Å². The second-order valence-corrected chi connectivity index (χ2v) is 3.82. The van der Waals surface area contributed by atoms with Crippen LogP contribution in [-0.4, -0.2) is 91.0 Å². The summed E-state index contributed by atoms with van der Waals surface area (Å²) in [4.78, 5) is 30.5. The number of aliphatic hydroxyl groups is 1. The Morgan fingerprint density at radius 2 is 1.10 bits per heavy atom. The molecule has 0 aliphatic rings. The van der Waals surface area contributed by atoms with Gasteiger partial charge >= 0.3 is 57.9 Å². The van der Waals surface area contributed by atoms with Crippen molar-refractivity contribution in [3.63, 3.8) is 0 Å². The number of hydrogen-bond donors (Lipinski definition) is 7. The van der Waals surface area contributed by atoms with Crippen molar-refractivity contribution < 1.29 is 52.3 Å². The first kappa shape index (κ1) is 27.5. The molecule has 0 rings (SSSR count). The average molecular weight is 331 g/mol. The van der Waals surface area contributed by atoms with Crippen molar-refractivity contribution in [1.82, 2.24) is 6.15 Å². The van der Waals surface area contributed by atoms with Gasteiger partial charge in [-0.1, -0.05) is 0 Å². The van der Waals surface area contributed by atoms with Gasteiger partial charge in [0, 0.05) is 0 Å². The molecule has 0 aliphatic heterocycles. The van der Waals surface area contributed by atoms with Crippen molar-refractivity contribution in [2.75, 3.05) is 0 Å². The Bertz CT molecular complexity index is 408. The fourth-order valence-corrected chi connectivity index (χ4v) is 0.714. The zero-order chi connectivity index (χ0) is 15.1. The van der Waals surface area contributed by atoms with Gasteiger partial charge in [-0.05, 0) is 0 Å². The van der Waals surface area contributed by atoms with E-state index in [2.05, 4.69) is 0 Å². The molecule has 0 heterocycles. The van der Waals surface area contributed by atoms with Gasteiger partial charge in [-0.15, -0.1) is 0 Å². The van der Waals surface area contributed by atoms with Crippen molar-refractivity contribution in [3.8, 4) is 0 Å². The Kier molecular flexibility index (Phi) is 15.0. The first-order chi connectivity index (χ1) is 7.78. The predicted octanol–water partition coefficient (Wildman–Crippen LogP) is -2.39. The summed E-state index contributed by atoms with van der Waals surface area (Å²) in [5.74, 6) is -5.02. The molecular weight excluding hydrogens is 317 g/mol. The second kappa shape index (κ2) is 10.9. The minimum absolute atomic E-state index is 0. The van der Waals surface area contributed by atoms with Gasteiger partial charge in [-0.3, -0.25) is 18.7 Å². The van der Waals surface area contributed by atoms with E-state index in [9.17, 15) is 14.4 Å². The van der Waals surface area contributed by atoms with Crippen LogP contribution in [0.5, 0.6) is 0 Å². The third-order valence-corrected chi connectivity index (χ3v) is 1.29. The molecule has 0 spiro atoms. The summed E-state index contributed by atoms with van der Waals surface area (Å²) in [6, 6.07) is 0. The summed E-state index contributed by atoms with van der Waals surface area (Å²) >= 11 is 0. The van der Waals surface area contributed by atoms with Gasteiger partial charge in [0.2, 0.25) is 0 Å². The summed E-state index contributed by atoms with van der Waals surface area (Å²) in [5.41, 5.74) is -2.74. The maximum absolute atomic E-state index is 10.3. The zero-order valence-corrected chi connectivity index (χ0v) is 10.1. The van der Waals surface area contributed by atoms with E-state index in [1.165, 1.54) is 0 Å². The Morgan fingerprint density at radius 1 is 0.900 bits per heavy atom. The van der Waals surface area contributed by atoms with Crippen molar-refractivity contribution >= 4 is 57.9 Å². The molecule has 0 unspecified atom stereocenters. The van der Waals surface area contributed by atoms with Crippen LogP contribution in [0.3, 0.4) is 0 Å². The van der Waals surface area contributed by atoms with E-state index in [0.29, 0.717) is 0 Å². The Hall–Kier alpha value is -0.800. The molecule has 0 radical (unpaired) electrons. The van der Waals surface area contributed by atoms with E-state index >= 15 is 0 Å². The van der Waals surface area contributed by atoms with E-state index < -0.39 is 46.7 Å². The molecule has 0 amide bonds. The normalized spacial score (nSPS) is 9.95. The number of carboxylic acids is 3. The molecule has 0 aliphatic carbocycles. The molecule has 14 heteroatoms. The molecule has 0 aromatic rings. The van der Waals surface area contributed by atoms with Gasteiger partial charge in [0.1, 0.15) is 0 Å². The van der Waals surface area contributed by atoms with Gasteiger partial charge in [0.05, 0.1) is 12.8 Å². The first-order valence-corrected chi connectivity index (χ1v) is 5.27. The monoisotopic (exact) mass is 331 g/mol. The third kappa shape index (κ3) is 19.5. The van der Waals surface area contributed by atoms with Crippen LogP contribution >= 0.6 is 0 Å². The number of hydrogen-bond acceptors (Lipinski definition) is 7. The number of aliphatic carboxylic acids is 3. The fraction of sp³-hybridized carbons (Fsp3) is 0.500. The summed E-state index contributed by atoms with van der Waals surface area (Å²) in [5, 5.41) is 33.8. The average Bonchev–Trinajstić information content (AvgIpc) is 1.95. The van der Waals surface area contributed by atoms with Crippen LogP contribution in [0, 0.1) is 0 Å². The Morgan fingerprint density at radius 3 is 1.20 bits per heavy atom. The van der Waals surface area contributed by atoms with E-state index in [4.69, 9.17) is 37.9 Å². The molecule has 0 bridgehead atoms. The number of carboxylic acid groups (broad SMARTS) is 3. The van der Waals surface area contributed by atoms with Crippen molar-refractivity contribution in [2.45, 2.75) is 18.4 Å². The molecule has 0 fully saturated rings. The summed E-state index contributed by atoms with van der Waals surface area (Å²) in [7, 11) is -4.67. The van der Waals surface area contributed by atoms with Crippen molar-refractivity contribution in [1.29, 1.82) is 0 Å². The summed E-state index contributed by atoms with van der Waals surface area (Å²) < 4.78 is 31.6. The van der Waals surface area contributed by atoms with Crippen LogP contribution in [0.25, 0.3) is 0 Å². The van der Waals surface area contributed by atoms with Crippen LogP contribution in [0.1, 0.15) is 12.8 Å². The van der Waals surface area contributed by atoms with Gasteiger partial charge in [-0.25, -0.2) is 4.79 Å². The van der Waals surface area contributed by atoms with Gasteiger partial charge < -0.3 is 26.6 Å². The molecule has 116 valence electrons. The third-order valence-electron chi connectivity index (χ3n) is 1.29. The Labute approximate surface area is 134 Å². The van der Waals surface area contributed by atoms with Crippen LogP contribution in [0.15, 0.2) is 0 Å². The molecule has 0 aromatic carbocycles. The Balaban J connectivity index is -0.000000158. The summed E-state index contributed by atoms with van der Waals surface area (Å²) in [6.07, 6.45) is -2.29. The molecule has 12 nitrogen and oxygen atoms in total. The van der Waals surface area contributed by atoms with Crippen LogP contribution in [0.4, 0.5) is 0 Å². The zero-order valence-electron chi connectivity index (χ0n) is 9.25. The SMILES string of the molecule is N.O=C(O)CC(O)(CC(=O)O)C(=O)O.O=S(=O)(O)O.[NaH]. The van der Waals surface area contributed by atoms with Crippen molar-refractivity contribution in [3.05, 3.63) is 0 Å². The molecule has 9 N–H and O–H groups in total. The van der Waals surface area contributed by atoms with Crippen LogP contribution < -0.4 is 6.15 Å². The van der Waals surface area contributed by atoms with E-state index in [1.807, 2.05) is 0 Å². The second-order valence-electron chi connectivity index (χ2n) is 2.93. The standard InChI is InChI=1S/C6H8O7.H3N.Na.H2O4S.H/c7-3(8)1-6(13,5(11)12)2-4(9)10;;;1-5(2,3)4;/h13H,1-2H2,(H,7,8)(H,9,10)(H,11,12);1H3;;(H2,1,2,3,4);. The van der Waals surface area contributed by atoms with Gasteiger partial charge in [-0.2, -0.15) is 8.42 Å². The summed E-state index contributed by atoms with van der Waals surface area (Å²) in [6.45, 7) is 0. The molecule has 0 saturated heterocycles. The molecule has 0 saturated carbocycles. The minimum atomic E-state index is -4.67. The number of carbonyl (C=O) groups is 3. The van der Waals surface area contributed by atoms with Gasteiger partial charge in [0.15, 0.2) is 5.60 Å². The number of rotatable bonds is 5.